The van der Waals surface area contributed by atoms with Gasteiger partial charge in [-0.25, -0.2) is 4.79 Å². The van der Waals surface area contributed by atoms with Crippen molar-refractivity contribution in [3.63, 3.8) is 0 Å². The molecule has 0 aliphatic heterocycles. The summed E-state index contributed by atoms with van der Waals surface area (Å²) in [4.78, 5) is 32.9. The minimum Gasteiger partial charge on any atom is -0.478 e. The van der Waals surface area contributed by atoms with E-state index in [2.05, 4.69) is 5.32 Å². The maximum atomic E-state index is 11.9. The molecular weight excluding hydrogens is 272 g/mol. The standard InChI is InChI=1S/C15H18N2O4/c1-10-9-12(5-4-11(10)6-7-14(19)20)15(21)17-8-2-3-13(16)18/h4-7,9H,2-3,8H2,1H3,(H2,16,18)(H,17,21)(H,19,20)/b7-6+. The second kappa shape index (κ2) is 7.84. The number of benzene rings is 1. The van der Waals surface area contributed by atoms with Crippen molar-refractivity contribution in [3.8, 4) is 0 Å². The van der Waals surface area contributed by atoms with Gasteiger partial charge in [0.1, 0.15) is 0 Å². The number of carbonyl (C=O) groups is 3. The van der Waals surface area contributed by atoms with Gasteiger partial charge in [0.25, 0.3) is 5.91 Å². The van der Waals surface area contributed by atoms with Crippen molar-refractivity contribution in [2.75, 3.05) is 6.54 Å². The molecule has 0 saturated heterocycles. The van der Waals surface area contributed by atoms with Gasteiger partial charge in [0.2, 0.25) is 5.91 Å². The molecule has 0 radical (unpaired) electrons. The third-order valence-electron chi connectivity index (χ3n) is 2.82. The van der Waals surface area contributed by atoms with E-state index in [4.69, 9.17) is 10.8 Å². The molecule has 0 saturated carbocycles. The van der Waals surface area contributed by atoms with Gasteiger partial charge in [-0.3, -0.25) is 9.59 Å². The molecule has 21 heavy (non-hydrogen) atoms. The number of primary amides is 1. The van der Waals surface area contributed by atoms with Crippen LogP contribution in [0.1, 0.15) is 34.3 Å². The van der Waals surface area contributed by atoms with E-state index in [1.165, 1.54) is 6.08 Å². The van der Waals surface area contributed by atoms with E-state index in [-0.39, 0.29) is 12.3 Å². The topological polar surface area (TPSA) is 109 Å². The van der Waals surface area contributed by atoms with E-state index in [0.717, 1.165) is 17.2 Å². The second-order valence-electron chi connectivity index (χ2n) is 4.57. The van der Waals surface area contributed by atoms with Crippen molar-refractivity contribution in [1.29, 1.82) is 0 Å². The van der Waals surface area contributed by atoms with E-state index in [0.29, 0.717) is 18.5 Å². The molecule has 0 fully saturated rings. The van der Waals surface area contributed by atoms with Crippen LogP contribution in [-0.4, -0.2) is 29.4 Å². The lowest BCUT2D eigenvalue weighted by Gasteiger charge is -2.07. The number of carbonyl (C=O) groups excluding carboxylic acids is 2. The minimum absolute atomic E-state index is 0.234. The number of amides is 2. The Bertz CT molecular complexity index is 579. The summed E-state index contributed by atoms with van der Waals surface area (Å²) in [5.74, 6) is -1.66. The van der Waals surface area contributed by atoms with Crippen LogP contribution in [0.3, 0.4) is 0 Å². The Morgan fingerprint density at radius 1 is 1.33 bits per heavy atom. The average molecular weight is 290 g/mol. The number of nitrogens with one attached hydrogen (secondary N) is 1. The maximum absolute atomic E-state index is 11.9. The van der Waals surface area contributed by atoms with Gasteiger partial charge in [0.05, 0.1) is 0 Å². The molecule has 1 aromatic rings. The fourth-order valence-electron chi connectivity index (χ4n) is 1.73. The molecule has 112 valence electrons. The van der Waals surface area contributed by atoms with Crippen molar-refractivity contribution in [3.05, 3.63) is 41.0 Å². The number of carboxylic acid groups (broad SMARTS) is 1. The highest BCUT2D eigenvalue weighted by atomic mass is 16.4. The van der Waals surface area contributed by atoms with Crippen molar-refractivity contribution in [1.82, 2.24) is 5.32 Å². The average Bonchev–Trinajstić information content (AvgIpc) is 2.41. The Morgan fingerprint density at radius 3 is 2.62 bits per heavy atom. The predicted octanol–water partition coefficient (Wildman–Crippen LogP) is 1.09. The van der Waals surface area contributed by atoms with E-state index < -0.39 is 11.9 Å². The number of hydrogen-bond donors (Lipinski definition) is 3. The summed E-state index contributed by atoms with van der Waals surface area (Å²) in [6, 6.07) is 5.00. The first kappa shape index (κ1) is 16.4. The van der Waals surface area contributed by atoms with Crippen LogP contribution < -0.4 is 11.1 Å². The molecule has 2 amide bonds. The Morgan fingerprint density at radius 2 is 2.05 bits per heavy atom. The van der Waals surface area contributed by atoms with E-state index in [1.54, 1.807) is 25.1 Å². The summed E-state index contributed by atoms with van der Waals surface area (Å²) in [6.45, 7) is 2.17. The fourth-order valence-corrected chi connectivity index (χ4v) is 1.73. The van der Waals surface area contributed by atoms with E-state index in [9.17, 15) is 14.4 Å². The zero-order chi connectivity index (χ0) is 15.8. The summed E-state index contributed by atoms with van der Waals surface area (Å²) in [5, 5.41) is 11.3. The highest BCUT2D eigenvalue weighted by Crippen LogP contribution is 2.13. The van der Waals surface area contributed by atoms with Crippen LogP contribution in [0, 0.1) is 6.92 Å². The first-order valence-electron chi connectivity index (χ1n) is 6.48. The number of aliphatic carboxylic acids is 1. The summed E-state index contributed by atoms with van der Waals surface area (Å²) < 4.78 is 0. The molecule has 0 unspecified atom stereocenters. The normalized spacial score (nSPS) is 10.5. The molecule has 0 aliphatic rings. The van der Waals surface area contributed by atoms with Gasteiger partial charge >= 0.3 is 5.97 Å². The van der Waals surface area contributed by atoms with Crippen molar-refractivity contribution < 1.29 is 19.5 Å². The molecule has 4 N–H and O–H groups in total. The summed E-state index contributed by atoms with van der Waals surface area (Å²) in [5.41, 5.74) is 7.03. The first-order chi connectivity index (χ1) is 9.90. The van der Waals surface area contributed by atoms with Gasteiger partial charge in [-0.05, 0) is 42.7 Å². The molecule has 1 rings (SSSR count). The number of carboxylic acids is 1. The minimum atomic E-state index is -1.02. The van der Waals surface area contributed by atoms with Crippen LogP contribution in [0.15, 0.2) is 24.3 Å². The molecule has 0 heterocycles. The molecule has 1 aromatic carbocycles. The molecular formula is C15H18N2O4. The number of rotatable bonds is 7. The van der Waals surface area contributed by atoms with Crippen LogP contribution in [0.4, 0.5) is 0 Å². The van der Waals surface area contributed by atoms with Gasteiger partial charge in [-0.1, -0.05) is 6.07 Å². The Hall–Kier alpha value is -2.63. The van der Waals surface area contributed by atoms with Gasteiger partial charge < -0.3 is 16.2 Å². The third-order valence-corrected chi connectivity index (χ3v) is 2.82. The third kappa shape index (κ3) is 5.90. The second-order valence-corrected chi connectivity index (χ2v) is 4.57. The van der Waals surface area contributed by atoms with Crippen LogP contribution in [0.5, 0.6) is 0 Å². The van der Waals surface area contributed by atoms with Crippen LogP contribution in [0.2, 0.25) is 0 Å². The number of nitrogens with two attached hydrogens (primary N) is 1. The zero-order valence-electron chi connectivity index (χ0n) is 11.8. The molecule has 0 aromatic heterocycles. The maximum Gasteiger partial charge on any atom is 0.328 e. The van der Waals surface area contributed by atoms with Gasteiger partial charge in [-0.15, -0.1) is 0 Å². The molecule has 0 atom stereocenters. The van der Waals surface area contributed by atoms with Crippen molar-refractivity contribution in [2.45, 2.75) is 19.8 Å². The summed E-state index contributed by atoms with van der Waals surface area (Å²) in [7, 11) is 0. The summed E-state index contributed by atoms with van der Waals surface area (Å²) in [6.07, 6.45) is 3.26. The SMILES string of the molecule is Cc1cc(C(=O)NCCCC(N)=O)ccc1/C=C/C(=O)O. The van der Waals surface area contributed by atoms with E-state index >= 15 is 0 Å². The Labute approximate surface area is 122 Å². The quantitative estimate of drug-likeness (QED) is 0.515. The van der Waals surface area contributed by atoms with Crippen molar-refractivity contribution >= 4 is 23.9 Å². The van der Waals surface area contributed by atoms with Gasteiger partial charge in [0.15, 0.2) is 0 Å². The smallest absolute Gasteiger partial charge is 0.328 e. The zero-order valence-corrected chi connectivity index (χ0v) is 11.8. The number of hydrogen-bond acceptors (Lipinski definition) is 3. The monoisotopic (exact) mass is 290 g/mol. The first-order valence-corrected chi connectivity index (χ1v) is 6.48. The molecule has 0 bridgehead atoms. The Balaban J connectivity index is 2.63. The van der Waals surface area contributed by atoms with Gasteiger partial charge in [0, 0.05) is 24.6 Å². The predicted molar refractivity (Wildman–Crippen MR) is 78.6 cm³/mol. The lowest BCUT2D eigenvalue weighted by Crippen LogP contribution is -2.25. The Kier molecular flexibility index (Phi) is 6.13. The van der Waals surface area contributed by atoms with E-state index in [1.807, 2.05) is 0 Å². The highest BCUT2D eigenvalue weighted by Gasteiger charge is 2.06. The molecule has 0 spiro atoms. The molecule has 6 nitrogen and oxygen atoms in total. The lowest BCUT2D eigenvalue weighted by atomic mass is 10.0. The number of aryl methyl sites for hydroxylation is 1. The van der Waals surface area contributed by atoms with Crippen LogP contribution in [-0.2, 0) is 9.59 Å². The van der Waals surface area contributed by atoms with Crippen LogP contribution in [0.25, 0.3) is 6.08 Å². The summed E-state index contributed by atoms with van der Waals surface area (Å²) >= 11 is 0. The molecule has 6 heteroatoms. The van der Waals surface area contributed by atoms with Gasteiger partial charge in [-0.2, -0.15) is 0 Å². The highest BCUT2D eigenvalue weighted by molar-refractivity contribution is 5.95. The largest absolute Gasteiger partial charge is 0.478 e. The lowest BCUT2D eigenvalue weighted by molar-refractivity contribution is -0.131. The van der Waals surface area contributed by atoms with Crippen LogP contribution >= 0.6 is 0 Å². The van der Waals surface area contributed by atoms with Crippen molar-refractivity contribution in [2.24, 2.45) is 5.73 Å². The molecule has 0 aliphatic carbocycles. The fraction of sp³-hybridized carbons (Fsp3) is 0.267.